The van der Waals surface area contributed by atoms with E-state index in [0.717, 1.165) is 28.1 Å². The summed E-state index contributed by atoms with van der Waals surface area (Å²) in [5.41, 5.74) is 1.46. The molecule has 0 fully saturated rings. The Morgan fingerprint density at radius 1 is 1.12 bits per heavy atom. The molecule has 0 atom stereocenters. The molecule has 1 amide bonds. The maximum Gasteiger partial charge on any atom is 0.433 e. The zero-order chi connectivity index (χ0) is 24.9. The second-order valence-electron chi connectivity index (χ2n) is 7.81. The van der Waals surface area contributed by atoms with E-state index in [-0.39, 0.29) is 37.5 Å². The quantitative estimate of drug-likeness (QED) is 0.477. The molecule has 11 heteroatoms. The lowest BCUT2D eigenvalue weighted by atomic mass is 10.1. The number of hydrogen-bond donors (Lipinski definition) is 2. The van der Waals surface area contributed by atoms with Crippen LogP contribution in [0.2, 0.25) is 5.02 Å². The van der Waals surface area contributed by atoms with Crippen LogP contribution in [0.25, 0.3) is 0 Å². The number of benzene rings is 1. The highest BCUT2D eigenvalue weighted by atomic mass is 35.5. The molecule has 0 unspecified atom stereocenters. The van der Waals surface area contributed by atoms with Crippen molar-refractivity contribution in [2.75, 3.05) is 7.05 Å². The predicted molar refractivity (Wildman–Crippen MR) is 122 cm³/mol. The Kier molecular flexibility index (Phi) is 8.16. The number of aromatic nitrogens is 3. The summed E-state index contributed by atoms with van der Waals surface area (Å²) in [4.78, 5) is 25.5. The number of aryl methyl sites for hydroxylation is 3. The molecule has 0 aliphatic carbocycles. The second kappa shape index (κ2) is 10.9. The highest BCUT2D eigenvalue weighted by Crippen LogP contribution is 2.28. The van der Waals surface area contributed by atoms with Crippen molar-refractivity contribution >= 4 is 17.5 Å². The maximum atomic E-state index is 13.0. The summed E-state index contributed by atoms with van der Waals surface area (Å²) in [6, 6.07) is 7.98. The Bertz CT molecular complexity index is 1220. The van der Waals surface area contributed by atoms with Gasteiger partial charge in [0.15, 0.2) is 0 Å². The van der Waals surface area contributed by atoms with E-state index < -0.39 is 17.4 Å². The van der Waals surface area contributed by atoms with Crippen LogP contribution in [-0.4, -0.2) is 27.3 Å². The molecule has 0 saturated carbocycles. The third-order valence-electron chi connectivity index (χ3n) is 5.41. The number of carbonyl (C=O) groups excluding carboxylic acids is 1. The summed E-state index contributed by atoms with van der Waals surface area (Å²) in [5.74, 6) is -0.347. The normalized spacial score (nSPS) is 11.6. The standard InChI is InChI=1S/C23H25ClF3N5O2/c1-15-6-8-31(9-10-32-20(5-7-30-32)23(25,26)27)22(34)19(15)12-21(33)29-14-17-11-18(24)4-3-16(17)13-28-2/h3-8,11,28H,9-10,12-14H2,1-2H3,(H,29,33). The minimum Gasteiger partial charge on any atom is -0.352 e. The lowest BCUT2D eigenvalue weighted by molar-refractivity contribution is -0.144. The molecule has 3 aromatic rings. The van der Waals surface area contributed by atoms with Crippen LogP contribution in [0.1, 0.15) is 27.9 Å². The second-order valence-corrected chi connectivity index (χ2v) is 8.25. The molecular formula is C23H25ClF3N5O2. The van der Waals surface area contributed by atoms with Crippen molar-refractivity contribution in [1.82, 2.24) is 25.0 Å². The minimum absolute atomic E-state index is 0.0195. The Morgan fingerprint density at radius 2 is 1.88 bits per heavy atom. The third kappa shape index (κ3) is 6.27. The Hall–Kier alpha value is -3.11. The number of nitrogens with zero attached hydrogens (tertiary/aromatic N) is 3. The van der Waals surface area contributed by atoms with Crippen LogP contribution in [0, 0.1) is 6.92 Å². The fourth-order valence-corrected chi connectivity index (χ4v) is 3.79. The van der Waals surface area contributed by atoms with E-state index in [1.165, 1.54) is 10.8 Å². The Labute approximate surface area is 199 Å². The van der Waals surface area contributed by atoms with E-state index in [2.05, 4.69) is 15.7 Å². The molecule has 3 rings (SSSR count). The van der Waals surface area contributed by atoms with Crippen LogP contribution in [0.3, 0.4) is 0 Å². The number of pyridine rings is 1. The first-order valence-electron chi connectivity index (χ1n) is 10.6. The summed E-state index contributed by atoms with van der Waals surface area (Å²) in [5, 5.41) is 10.1. The van der Waals surface area contributed by atoms with Crippen LogP contribution in [0.4, 0.5) is 13.2 Å². The monoisotopic (exact) mass is 495 g/mol. The van der Waals surface area contributed by atoms with Gasteiger partial charge in [0.1, 0.15) is 5.69 Å². The lowest BCUT2D eigenvalue weighted by Crippen LogP contribution is -2.32. The average Bonchev–Trinajstić information content (AvgIpc) is 3.26. The fraction of sp³-hybridized carbons (Fsp3) is 0.348. The van der Waals surface area contributed by atoms with Gasteiger partial charge in [0, 0.05) is 42.6 Å². The number of rotatable bonds is 9. The molecule has 0 aliphatic rings. The average molecular weight is 496 g/mol. The molecule has 34 heavy (non-hydrogen) atoms. The zero-order valence-electron chi connectivity index (χ0n) is 18.7. The highest BCUT2D eigenvalue weighted by Gasteiger charge is 2.34. The van der Waals surface area contributed by atoms with E-state index in [1.54, 1.807) is 25.1 Å². The van der Waals surface area contributed by atoms with Gasteiger partial charge in [0.25, 0.3) is 5.56 Å². The van der Waals surface area contributed by atoms with Crippen molar-refractivity contribution in [3.8, 4) is 0 Å². The maximum absolute atomic E-state index is 13.0. The molecule has 2 N–H and O–H groups in total. The number of carbonyl (C=O) groups is 1. The molecule has 2 heterocycles. The Balaban J connectivity index is 1.69. The van der Waals surface area contributed by atoms with Gasteiger partial charge in [-0.3, -0.25) is 14.3 Å². The topological polar surface area (TPSA) is 80.9 Å². The fourth-order valence-electron chi connectivity index (χ4n) is 3.60. The molecule has 0 spiro atoms. The van der Waals surface area contributed by atoms with Gasteiger partial charge in [-0.1, -0.05) is 17.7 Å². The molecule has 0 saturated heterocycles. The number of alkyl halides is 3. The molecule has 0 bridgehead atoms. The summed E-state index contributed by atoms with van der Waals surface area (Å²) in [7, 11) is 1.82. The molecular weight excluding hydrogens is 471 g/mol. The van der Waals surface area contributed by atoms with Gasteiger partial charge in [-0.2, -0.15) is 18.3 Å². The third-order valence-corrected chi connectivity index (χ3v) is 5.64. The first kappa shape index (κ1) is 25.5. The van der Waals surface area contributed by atoms with Crippen LogP contribution < -0.4 is 16.2 Å². The van der Waals surface area contributed by atoms with Crippen LogP contribution in [-0.2, 0) is 43.6 Å². The molecule has 0 aliphatic heterocycles. The van der Waals surface area contributed by atoms with Gasteiger partial charge >= 0.3 is 6.18 Å². The van der Waals surface area contributed by atoms with Gasteiger partial charge < -0.3 is 15.2 Å². The predicted octanol–water partition coefficient (Wildman–Crippen LogP) is 3.30. The molecule has 0 radical (unpaired) electrons. The zero-order valence-corrected chi connectivity index (χ0v) is 19.5. The van der Waals surface area contributed by atoms with E-state index >= 15 is 0 Å². The van der Waals surface area contributed by atoms with Crippen molar-refractivity contribution in [1.29, 1.82) is 0 Å². The van der Waals surface area contributed by atoms with Crippen molar-refractivity contribution in [3.05, 3.63) is 86.0 Å². The molecule has 182 valence electrons. The van der Waals surface area contributed by atoms with Crippen molar-refractivity contribution < 1.29 is 18.0 Å². The van der Waals surface area contributed by atoms with Crippen molar-refractivity contribution in [2.24, 2.45) is 0 Å². The van der Waals surface area contributed by atoms with Crippen molar-refractivity contribution in [3.63, 3.8) is 0 Å². The smallest absolute Gasteiger partial charge is 0.352 e. The summed E-state index contributed by atoms with van der Waals surface area (Å²) in [6.07, 6.45) is -2.11. The minimum atomic E-state index is -4.53. The van der Waals surface area contributed by atoms with Crippen LogP contribution in [0.15, 0.2) is 47.5 Å². The van der Waals surface area contributed by atoms with E-state index in [4.69, 9.17) is 11.6 Å². The number of halogens is 4. The van der Waals surface area contributed by atoms with Gasteiger partial charge in [-0.15, -0.1) is 0 Å². The summed E-state index contributed by atoms with van der Waals surface area (Å²) >= 11 is 6.08. The SMILES string of the molecule is CNCc1ccc(Cl)cc1CNC(=O)Cc1c(C)ccn(CCn2nccc2C(F)(F)F)c1=O. The Morgan fingerprint density at radius 3 is 2.59 bits per heavy atom. The van der Waals surface area contributed by atoms with E-state index in [1.807, 2.05) is 13.1 Å². The van der Waals surface area contributed by atoms with Gasteiger partial charge in [-0.05, 0) is 54.9 Å². The largest absolute Gasteiger partial charge is 0.433 e. The van der Waals surface area contributed by atoms with Gasteiger partial charge in [0.2, 0.25) is 5.91 Å². The number of nitrogens with one attached hydrogen (secondary N) is 2. The van der Waals surface area contributed by atoms with E-state index in [0.29, 0.717) is 17.1 Å². The van der Waals surface area contributed by atoms with Gasteiger partial charge in [0.05, 0.1) is 13.0 Å². The first-order chi connectivity index (χ1) is 16.1. The number of amides is 1. The summed E-state index contributed by atoms with van der Waals surface area (Å²) < 4.78 is 41.2. The van der Waals surface area contributed by atoms with E-state index in [9.17, 15) is 22.8 Å². The number of hydrogen-bond acceptors (Lipinski definition) is 4. The molecule has 7 nitrogen and oxygen atoms in total. The molecule has 2 aromatic heterocycles. The molecule has 1 aromatic carbocycles. The highest BCUT2D eigenvalue weighted by molar-refractivity contribution is 6.30. The summed E-state index contributed by atoms with van der Waals surface area (Å²) in [6.45, 7) is 2.41. The van der Waals surface area contributed by atoms with Gasteiger partial charge in [-0.25, -0.2) is 0 Å². The van der Waals surface area contributed by atoms with Crippen LogP contribution >= 0.6 is 11.6 Å². The van der Waals surface area contributed by atoms with Crippen LogP contribution in [0.5, 0.6) is 0 Å². The first-order valence-corrected chi connectivity index (χ1v) is 10.9. The van der Waals surface area contributed by atoms with Crippen molar-refractivity contribution in [2.45, 2.75) is 45.7 Å². The lowest BCUT2D eigenvalue weighted by Gasteiger charge is -2.14.